The number of rotatable bonds is 2. The van der Waals surface area contributed by atoms with Crippen molar-refractivity contribution in [1.29, 1.82) is 0 Å². The zero-order valence-corrected chi connectivity index (χ0v) is 6.84. The summed E-state index contributed by atoms with van der Waals surface area (Å²) in [5, 5.41) is 4.24. The van der Waals surface area contributed by atoms with Gasteiger partial charge >= 0.3 is 0 Å². The fourth-order valence-corrected chi connectivity index (χ4v) is 0.875. The Hall–Kier alpha value is -0.570. The SMILES string of the molecule is CC(C)Cn1cnc(Cl)n1. The predicted molar refractivity (Wildman–Crippen MR) is 39.9 cm³/mol. The van der Waals surface area contributed by atoms with E-state index in [-0.39, 0.29) is 0 Å². The molecule has 0 atom stereocenters. The van der Waals surface area contributed by atoms with Gasteiger partial charge in [-0.3, -0.25) is 4.68 Å². The lowest BCUT2D eigenvalue weighted by molar-refractivity contribution is 0.482. The summed E-state index contributed by atoms with van der Waals surface area (Å²) < 4.78 is 1.74. The van der Waals surface area contributed by atoms with Crippen molar-refractivity contribution < 1.29 is 0 Å². The first kappa shape index (κ1) is 7.54. The third-order valence-electron chi connectivity index (χ3n) is 1.06. The average molecular weight is 160 g/mol. The van der Waals surface area contributed by atoms with Crippen LogP contribution in [0.2, 0.25) is 5.28 Å². The van der Waals surface area contributed by atoms with Crippen LogP contribution < -0.4 is 0 Å². The summed E-state index contributed by atoms with van der Waals surface area (Å²) >= 11 is 5.50. The van der Waals surface area contributed by atoms with E-state index in [0.29, 0.717) is 11.2 Å². The van der Waals surface area contributed by atoms with Crippen molar-refractivity contribution in [2.24, 2.45) is 5.92 Å². The molecule has 1 heterocycles. The Morgan fingerprint density at radius 3 is 2.80 bits per heavy atom. The molecule has 0 aromatic carbocycles. The molecule has 0 aliphatic carbocycles. The molecule has 0 amide bonds. The first-order valence-corrected chi connectivity index (χ1v) is 3.61. The second-order valence-electron chi connectivity index (χ2n) is 2.63. The number of hydrogen-bond acceptors (Lipinski definition) is 2. The van der Waals surface area contributed by atoms with Crippen LogP contribution in [0.25, 0.3) is 0 Å². The Bertz CT molecular complexity index is 207. The first-order chi connectivity index (χ1) is 4.68. The van der Waals surface area contributed by atoms with Gasteiger partial charge in [-0.2, -0.15) is 0 Å². The van der Waals surface area contributed by atoms with Gasteiger partial charge in [0, 0.05) is 6.54 Å². The van der Waals surface area contributed by atoms with Crippen molar-refractivity contribution in [3.8, 4) is 0 Å². The highest BCUT2D eigenvalue weighted by Gasteiger charge is 1.98. The summed E-state index contributed by atoms with van der Waals surface area (Å²) in [5.41, 5.74) is 0. The fourth-order valence-electron chi connectivity index (χ4n) is 0.734. The van der Waals surface area contributed by atoms with Crippen molar-refractivity contribution in [2.75, 3.05) is 0 Å². The van der Waals surface area contributed by atoms with Crippen LogP contribution in [0.1, 0.15) is 13.8 Å². The molecule has 0 N–H and O–H groups in total. The minimum Gasteiger partial charge on any atom is -0.251 e. The highest BCUT2D eigenvalue weighted by atomic mass is 35.5. The minimum absolute atomic E-state index is 0.320. The molecule has 0 aliphatic rings. The molecule has 10 heavy (non-hydrogen) atoms. The summed E-state index contributed by atoms with van der Waals surface area (Å²) in [5.74, 6) is 0.581. The Balaban J connectivity index is 2.58. The van der Waals surface area contributed by atoms with Gasteiger partial charge < -0.3 is 0 Å². The van der Waals surface area contributed by atoms with E-state index in [9.17, 15) is 0 Å². The maximum absolute atomic E-state index is 5.50. The standard InChI is InChI=1S/C6H10ClN3/c1-5(2)3-10-4-8-6(7)9-10/h4-5H,3H2,1-2H3. The highest BCUT2D eigenvalue weighted by Crippen LogP contribution is 2.00. The molecule has 1 rings (SSSR count). The van der Waals surface area contributed by atoms with Crippen LogP contribution in [0.3, 0.4) is 0 Å². The molecular weight excluding hydrogens is 150 g/mol. The molecule has 56 valence electrons. The normalized spacial score (nSPS) is 10.8. The lowest BCUT2D eigenvalue weighted by Crippen LogP contribution is -2.04. The van der Waals surface area contributed by atoms with Gasteiger partial charge in [-0.1, -0.05) is 13.8 Å². The summed E-state index contributed by atoms with van der Waals surface area (Å²) in [6, 6.07) is 0. The van der Waals surface area contributed by atoms with Crippen LogP contribution in [0.4, 0.5) is 0 Å². The Morgan fingerprint density at radius 2 is 2.40 bits per heavy atom. The zero-order chi connectivity index (χ0) is 7.56. The van der Waals surface area contributed by atoms with Crippen LogP contribution in [0.15, 0.2) is 6.33 Å². The molecule has 0 fully saturated rings. The molecule has 1 aromatic rings. The van der Waals surface area contributed by atoms with E-state index < -0.39 is 0 Å². The average Bonchev–Trinajstić information content (AvgIpc) is 2.13. The molecule has 3 nitrogen and oxygen atoms in total. The number of aromatic nitrogens is 3. The van der Waals surface area contributed by atoms with Crippen LogP contribution in [-0.4, -0.2) is 14.8 Å². The monoisotopic (exact) mass is 159 g/mol. The molecule has 0 spiro atoms. The summed E-state index contributed by atoms with van der Waals surface area (Å²) in [7, 11) is 0. The van der Waals surface area contributed by atoms with Crippen LogP contribution in [0, 0.1) is 5.92 Å². The lowest BCUT2D eigenvalue weighted by Gasteiger charge is -2.01. The smallest absolute Gasteiger partial charge is 0.242 e. The second-order valence-corrected chi connectivity index (χ2v) is 2.97. The van der Waals surface area contributed by atoms with E-state index in [1.807, 2.05) is 0 Å². The van der Waals surface area contributed by atoms with Crippen LogP contribution >= 0.6 is 11.6 Å². The van der Waals surface area contributed by atoms with Gasteiger partial charge in [0.15, 0.2) is 0 Å². The van der Waals surface area contributed by atoms with E-state index in [4.69, 9.17) is 11.6 Å². The molecule has 0 bridgehead atoms. The summed E-state index contributed by atoms with van der Waals surface area (Å²) in [6.45, 7) is 5.12. The summed E-state index contributed by atoms with van der Waals surface area (Å²) in [4.78, 5) is 3.79. The van der Waals surface area contributed by atoms with Crippen molar-refractivity contribution in [2.45, 2.75) is 20.4 Å². The second kappa shape index (κ2) is 3.01. The topological polar surface area (TPSA) is 30.7 Å². The van der Waals surface area contributed by atoms with Gasteiger partial charge in [-0.15, -0.1) is 5.10 Å². The first-order valence-electron chi connectivity index (χ1n) is 3.23. The number of hydrogen-bond donors (Lipinski definition) is 0. The van der Waals surface area contributed by atoms with Crippen LogP contribution in [0.5, 0.6) is 0 Å². The van der Waals surface area contributed by atoms with E-state index in [2.05, 4.69) is 23.9 Å². The Morgan fingerprint density at radius 1 is 1.70 bits per heavy atom. The van der Waals surface area contributed by atoms with Gasteiger partial charge in [-0.05, 0) is 17.5 Å². The van der Waals surface area contributed by atoms with Crippen LogP contribution in [-0.2, 0) is 6.54 Å². The molecule has 0 unspecified atom stereocenters. The largest absolute Gasteiger partial charge is 0.251 e. The Labute approximate surface area is 65.0 Å². The molecular formula is C6H10ClN3. The highest BCUT2D eigenvalue weighted by molar-refractivity contribution is 6.28. The van der Waals surface area contributed by atoms with E-state index in [0.717, 1.165) is 6.54 Å². The third-order valence-corrected chi connectivity index (χ3v) is 1.23. The molecule has 0 radical (unpaired) electrons. The maximum atomic E-state index is 5.50. The molecule has 0 saturated carbocycles. The number of nitrogens with zero attached hydrogens (tertiary/aromatic N) is 3. The van der Waals surface area contributed by atoms with Crippen molar-refractivity contribution in [1.82, 2.24) is 14.8 Å². The van der Waals surface area contributed by atoms with Gasteiger partial charge in [0.05, 0.1) is 0 Å². The lowest BCUT2D eigenvalue weighted by atomic mass is 10.2. The van der Waals surface area contributed by atoms with Gasteiger partial charge in [0.2, 0.25) is 5.28 Å². The molecule has 1 aromatic heterocycles. The van der Waals surface area contributed by atoms with Crippen molar-refractivity contribution >= 4 is 11.6 Å². The quantitative estimate of drug-likeness (QED) is 0.656. The zero-order valence-electron chi connectivity index (χ0n) is 6.08. The van der Waals surface area contributed by atoms with Crippen molar-refractivity contribution in [3.05, 3.63) is 11.6 Å². The predicted octanol–water partition coefficient (Wildman–Crippen LogP) is 1.59. The summed E-state index contributed by atoms with van der Waals surface area (Å²) in [6.07, 6.45) is 1.64. The van der Waals surface area contributed by atoms with E-state index in [1.165, 1.54) is 0 Å². The molecule has 0 aliphatic heterocycles. The Kier molecular flexibility index (Phi) is 2.27. The van der Waals surface area contributed by atoms with E-state index in [1.54, 1.807) is 11.0 Å². The van der Waals surface area contributed by atoms with Gasteiger partial charge in [0.1, 0.15) is 6.33 Å². The van der Waals surface area contributed by atoms with Gasteiger partial charge in [0.25, 0.3) is 0 Å². The fraction of sp³-hybridized carbons (Fsp3) is 0.667. The molecule has 4 heteroatoms. The maximum Gasteiger partial charge on any atom is 0.242 e. The number of halogens is 1. The molecule has 0 saturated heterocycles. The minimum atomic E-state index is 0.320. The third kappa shape index (κ3) is 1.99. The van der Waals surface area contributed by atoms with E-state index >= 15 is 0 Å². The van der Waals surface area contributed by atoms with Gasteiger partial charge in [-0.25, -0.2) is 4.98 Å². The van der Waals surface area contributed by atoms with Crippen molar-refractivity contribution in [3.63, 3.8) is 0 Å².